The zero-order chi connectivity index (χ0) is 12.1. The van der Waals surface area contributed by atoms with E-state index in [0.29, 0.717) is 0 Å². The third kappa shape index (κ3) is 1.51. The highest BCUT2D eigenvalue weighted by Crippen LogP contribution is 2.31. The van der Waals surface area contributed by atoms with Gasteiger partial charge in [0.25, 0.3) is 5.56 Å². The zero-order valence-corrected chi connectivity index (χ0v) is 9.37. The number of hydrogen-bond acceptors (Lipinski definition) is 3. The predicted octanol–water partition coefficient (Wildman–Crippen LogP) is 1.21. The summed E-state index contributed by atoms with van der Waals surface area (Å²) in [6.45, 7) is 0. The molecule has 2 aromatic heterocycles. The smallest absolute Gasteiger partial charge is 0.303 e. The second-order valence-corrected chi connectivity index (χ2v) is 3.82. The molecule has 0 bridgehead atoms. The van der Waals surface area contributed by atoms with Crippen molar-refractivity contribution in [2.24, 2.45) is 7.05 Å². The van der Waals surface area contributed by atoms with Gasteiger partial charge in [-0.15, -0.1) is 0 Å². The second-order valence-electron chi connectivity index (χ2n) is 3.03. The molecule has 16 heavy (non-hydrogen) atoms. The fraction of sp³-hybridized carbons (Fsp3) is 0.286. The average Bonchev–Trinajstić information content (AvgIpc) is 2.52. The zero-order valence-electron chi connectivity index (χ0n) is 7.79. The van der Waals surface area contributed by atoms with E-state index in [4.69, 9.17) is 0 Å². The Morgan fingerprint density at radius 3 is 2.62 bits per heavy atom. The molecule has 0 unspecified atom stereocenters. The first-order valence-electron chi connectivity index (χ1n) is 3.99. The van der Waals surface area contributed by atoms with Crippen LogP contribution in [0.4, 0.5) is 13.2 Å². The number of rotatable bonds is 0. The van der Waals surface area contributed by atoms with Crippen LogP contribution in [-0.2, 0) is 13.2 Å². The van der Waals surface area contributed by atoms with Gasteiger partial charge in [-0.25, -0.2) is 4.98 Å². The van der Waals surface area contributed by atoms with Gasteiger partial charge in [0, 0.05) is 7.05 Å². The van der Waals surface area contributed by atoms with Gasteiger partial charge < -0.3 is 4.57 Å². The van der Waals surface area contributed by atoms with Crippen molar-refractivity contribution in [2.45, 2.75) is 6.18 Å². The van der Waals surface area contributed by atoms with E-state index in [1.807, 2.05) is 0 Å². The minimum absolute atomic E-state index is 0.166. The number of alkyl halides is 3. The maximum absolute atomic E-state index is 12.5. The van der Waals surface area contributed by atoms with Crippen LogP contribution in [0.5, 0.6) is 0 Å². The predicted molar refractivity (Wildman–Crippen MR) is 50.9 cm³/mol. The van der Waals surface area contributed by atoms with Gasteiger partial charge >= 0.3 is 6.18 Å². The molecular formula is C7H4BrF3N4O. The van der Waals surface area contributed by atoms with Gasteiger partial charge in [-0.1, -0.05) is 0 Å². The van der Waals surface area contributed by atoms with Crippen molar-refractivity contribution in [1.82, 2.24) is 19.2 Å². The Bertz CT molecular complexity index is 614. The second kappa shape index (κ2) is 3.30. The lowest BCUT2D eigenvalue weighted by Gasteiger charge is -2.07. The Kier molecular flexibility index (Phi) is 2.30. The first-order chi connectivity index (χ1) is 7.32. The highest BCUT2D eigenvalue weighted by atomic mass is 79.9. The molecule has 0 atom stereocenters. The monoisotopic (exact) mass is 296 g/mol. The van der Waals surface area contributed by atoms with E-state index in [1.165, 1.54) is 17.9 Å². The topological polar surface area (TPSA) is 52.2 Å². The number of halogens is 4. The molecule has 0 aromatic carbocycles. The van der Waals surface area contributed by atoms with Crippen molar-refractivity contribution < 1.29 is 13.2 Å². The maximum Gasteiger partial charge on any atom is 0.434 e. The van der Waals surface area contributed by atoms with Crippen molar-refractivity contribution in [3.8, 4) is 0 Å². The summed E-state index contributed by atoms with van der Waals surface area (Å²) in [4.78, 5) is 14.9. The van der Waals surface area contributed by atoms with Gasteiger partial charge in [0.15, 0.2) is 5.69 Å². The minimum atomic E-state index is -4.68. The van der Waals surface area contributed by atoms with E-state index in [2.05, 4.69) is 26.0 Å². The van der Waals surface area contributed by atoms with Gasteiger partial charge in [0.2, 0.25) is 5.78 Å². The van der Waals surface area contributed by atoms with E-state index in [-0.39, 0.29) is 5.78 Å². The Hall–Kier alpha value is -1.38. The summed E-state index contributed by atoms with van der Waals surface area (Å²) in [5, 5.41) is 3.61. The lowest BCUT2D eigenvalue weighted by Crippen LogP contribution is -2.23. The maximum atomic E-state index is 12.5. The number of aryl methyl sites for hydroxylation is 1. The average molecular weight is 297 g/mol. The Morgan fingerprint density at radius 2 is 2.06 bits per heavy atom. The van der Waals surface area contributed by atoms with E-state index in [1.54, 1.807) is 0 Å². The van der Waals surface area contributed by atoms with Gasteiger partial charge in [0.05, 0.1) is 0 Å². The van der Waals surface area contributed by atoms with Crippen LogP contribution >= 0.6 is 15.9 Å². The molecule has 0 saturated carbocycles. The molecule has 0 fully saturated rings. The summed E-state index contributed by atoms with van der Waals surface area (Å²) in [6.07, 6.45) is -3.48. The Labute approximate surface area is 94.6 Å². The Balaban J connectivity index is 2.93. The van der Waals surface area contributed by atoms with Crippen molar-refractivity contribution in [3.63, 3.8) is 0 Å². The lowest BCUT2D eigenvalue weighted by molar-refractivity contribution is -0.141. The van der Waals surface area contributed by atoms with Crippen LogP contribution in [0.2, 0.25) is 0 Å². The molecule has 86 valence electrons. The van der Waals surface area contributed by atoms with E-state index < -0.39 is 21.9 Å². The van der Waals surface area contributed by atoms with Crippen LogP contribution in [0.3, 0.4) is 0 Å². The number of hydrogen-bond donors (Lipinski definition) is 0. The highest BCUT2D eigenvalue weighted by molar-refractivity contribution is 9.10. The van der Waals surface area contributed by atoms with Crippen molar-refractivity contribution in [2.75, 3.05) is 0 Å². The van der Waals surface area contributed by atoms with Crippen LogP contribution in [0, 0.1) is 0 Å². The quantitative estimate of drug-likeness (QED) is 0.734. The van der Waals surface area contributed by atoms with Crippen molar-refractivity contribution >= 4 is 21.7 Å². The summed E-state index contributed by atoms with van der Waals surface area (Å²) in [5.41, 5.74) is -2.14. The molecule has 2 aromatic rings. The van der Waals surface area contributed by atoms with E-state index >= 15 is 0 Å². The molecule has 2 heterocycles. The molecule has 0 saturated heterocycles. The normalized spacial score (nSPS) is 12.3. The number of aromatic nitrogens is 4. The number of fused-ring (bicyclic) bond motifs is 1. The standard InChI is InChI=1S/C7H4BrF3N4O/c1-14-2-12-15-5(16)3(8)4(7(9,10)11)13-6(14)15/h2H,1H3. The molecule has 5 nitrogen and oxygen atoms in total. The molecule has 0 spiro atoms. The van der Waals surface area contributed by atoms with Crippen molar-refractivity contribution in [1.29, 1.82) is 0 Å². The fourth-order valence-electron chi connectivity index (χ4n) is 1.18. The molecule has 9 heteroatoms. The van der Waals surface area contributed by atoms with Gasteiger partial charge in [-0.3, -0.25) is 4.79 Å². The first kappa shape index (κ1) is 11.1. The van der Waals surface area contributed by atoms with Gasteiger partial charge in [-0.05, 0) is 15.9 Å². The highest BCUT2D eigenvalue weighted by Gasteiger charge is 2.37. The molecule has 0 aliphatic carbocycles. The summed E-state index contributed by atoms with van der Waals surface area (Å²) in [7, 11) is 1.45. The van der Waals surface area contributed by atoms with Gasteiger partial charge in [0.1, 0.15) is 10.8 Å². The van der Waals surface area contributed by atoms with E-state index in [9.17, 15) is 18.0 Å². The minimum Gasteiger partial charge on any atom is -0.303 e. The van der Waals surface area contributed by atoms with E-state index in [0.717, 1.165) is 4.52 Å². The summed E-state index contributed by atoms with van der Waals surface area (Å²) >= 11 is 2.58. The van der Waals surface area contributed by atoms with Crippen molar-refractivity contribution in [3.05, 3.63) is 26.8 Å². The number of nitrogens with zero attached hydrogens (tertiary/aromatic N) is 4. The third-order valence-corrected chi connectivity index (χ3v) is 2.63. The largest absolute Gasteiger partial charge is 0.434 e. The summed E-state index contributed by atoms with van der Waals surface area (Å²) in [5.74, 6) is -0.166. The van der Waals surface area contributed by atoms with Crippen LogP contribution in [-0.4, -0.2) is 19.2 Å². The van der Waals surface area contributed by atoms with Gasteiger partial charge in [-0.2, -0.15) is 22.8 Å². The molecule has 0 aliphatic rings. The SMILES string of the molecule is Cn1cnn2c(=O)c(Br)c(C(F)(F)F)nc12. The molecule has 0 radical (unpaired) electrons. The van der Waals surface area contributed by atoms with Crippen LogP contribution < -0.4 is 5.56 Å². The molecule has 0 aliphatic heterocycles. The molecule has 0 N–H and O–H groups in total. The lowest BCUT2D eigenvalue weighted by atomic mass is 10.4. The van der Waals surface area contributed by atoms with Crippen LogP contribution in [0.15, 0.2) is 15.6 Å². The fourth-order valence-corrected chi connectivity index (χ4v) is 1.66. The summed E-state index contributed by atoms with van der Waals surface area (Å²) in [6, 6.07) is 0. The first-order valence-corrected chi connectivity index (χ1v) is 4.78. The van der Waals surface area contributed by atoms with Crippen LogP contribution in [0.25, 0.3) is 5.78 Å². The molecule has 0 amide bonds. The molecule has 2 rings (SSSR count). The third-order valence-electron chi connectivity index (χ3n) is 1.91. The Morgan fingerprint density at radius 1 is 1.44 bits per heavy atom. The summed E-state index contributed by atoms with van der Waals surface area (Å²) < 4.78 is 38.9. The molecular weight excluding hydrogens is 293 g/mol. The van der Waals surface area contributed by atoms with Crippen LogP contribution in [0.1, 0.15) is 5.69 Å².